The van der Waals surface area contributed by atoms with E-state index >= 15 is 0 Å². The molecule has 0 aromatic carbocycles. The third kappa shape index (κ3) is 4.43. The molecule has 0 aromatic heterocycles. The first-order chi connectivity index (χ1) is 10.5. The van der Waals surface area contributed by atoms with Gasteiger partial charge in [-0.3, -0.25) is 9.59 Å². The summed E-state index contributed by atoms with van der Waals surface area (Å²) in [6, 6.07) is 0.575. The molecule has 2 aliphatic rings. The summed E-state index contributed by atoms with van der Waals surface area (Å²) in [6.07, 6.45) is 4.73. The fraction of sp³-hybridized carbons (Fsp3) is 0.875. The summed E-state index contributed by atoms with van der Waals surface area (Å²) < 4.78 is 10.8. The van der Waals surface area contributed by atoms with Crippen LogP contribution in [0.15, 0.2) is 0 Å². The Bertz CT molecular complexity index is 394. The minimum Gasteiger partial charge on any atom is -0.469 e. The predicted octanol–water partition coefficient (Wildman–Crippen LogP) is 0.944. The summed E-state index contributed by atoms with van der Waals surface area (Å²) >= 11 is 0. The van der Waals surface area contributed by atoms with E-state index in [9.17, 15) is 9.59 Å². The maximum Gasteiger partial charge on any atom is 0.308 e. The SMILES string of the molecule is COC(=O)C1CCC(OC[C@@H]2C[C@H](N(C)C(C)=O)CN2)CC1. The molecule has 0 bridgehead atoms. The maximum absolute atomic E-state index is 11.5. The molecule has 6 nitrogen and oxygen atoms in total. The summed E-state index contributed by atoms with van der Waals surface area (Å²) in [7, 11) is 3.30. The van der Waals surface area contributed by atoms with Gasteiger partial charge < -0.3 is 19.7 Å². The van der Waals surface area contributed by atoms with Crippen molar-refractivity contribution < 1.29 is 19.1 Å². The third-order valence-corrected chi connectivity index (χ3v) is 4.99. The number of methoxy groups -OCH3 is 1. The van der Waals surface area contributed by atoms with Gasteiger partial charge >= 0.3 is 5.97 Å². The van der Waals surface area contributed by atoms with Gasteiger partial charge in [-0.15, -0.1) is 0 Å². The van der Waals surface area contributed by atoms with Gasteiger partial charge in [-0.1, -0.05) is 0 Å². The highest BCUT2D eigenvalue weighted by molar-refractivity contribution is 5.73. The average molecular weight is 312 g/mol. The summed E-state index contributed by atoms with van der Waals surface area (Å²) in [5.41, 5.74) is 0. The molecule has 2 rings (SSSR count). The van der Waals surface area contributed by atoms with Gasteiger partial charge in [-0.2, -0.15) is 0 Å². The molecular weight excluding hydrogens is 284 g/mol. The number of amides is 1. The van der Waals surface area contributed by atoms with Crippen molar-refractivity contribution in [2.75, 3.05) is 27.3 Å². The van der Waals surface area contributed by atoms with E-state index in [1.54, 1.807) is 11.8 Å². The number of nitrogens with one attached hydrogen (secondary N) is 1. The van der Waals surface area contributed by atoms with E-state index in [4.69, 9.17) is 9.47 Å². The van der Waals surface area contributed by atoms with Crippen LogP contribution >= 0.6 is 0 Å². The van der Waals surface area contributed by atoms with Crippen LogP contribution in [0.5, 0.6) is 0 Å². The topological polar surface area (TPSA) is 67.9 Å². The first kappa shape index (κ1) is 17.2. The Morgan fingerprint density at radius 2 is 1.91 bits per heavy atom. The van der Waals surface area contributed by atoms with Crippen molar-refractivity contribution in [3.05, 3.63) is 0 Å². The lowest BCUT2D eigenvalue weighted by atomic mass is 9.87. The molecule has 1 aliphatic heterocycles. The van der Waals surface area contributed by atoms with Crippen molar-refractivity contribution in [1.29, 1.82) is 0 Å². The number of likely N-dealkylation sites (N-methyl/N-ethyl adjacent to an activating group) is 1. The first-order valence-corrected chi connectivity index (χ1v) is 8.17. The van der Waals surface area contributed by atoms with Crippen LogP contribution in [-0.4, -0.2) is 62.3 Å². The van der Waals surface area contributed by atoms with Crippen molar-refractivity contribution in [3.63, 3.8) is 0 Å². The molecule has 1 aliphatic carbocycles. The number of carbonyl (C=O) groups is 2. The molecule has 1 heterocycles. The molecule has 0 spiro atoms. The van der Waals surface area contributed by atoms with Crippen LogP contribution in [0.4, 0.5) is 0 Å². The Hall–Kier alpha value is -1.14. The van der Waals surface area contributed by atoms with E-state index in [0.717, 1.165) is 38.6 Å². The second-order valence-electron chi connectivity index (χ2n) is 6.45. The second kappa shape index (κ2) is 7.92. The standard InChI is InChI=1S/C16H28N2O4/c1-11(19)18(2)14-8-13(17-9-14)10-22-15-6-4-12(5-7-15)16(20)21-3/h12-15,17H,4-10H2,1-3H3/t12?,13-,14-,15?/m0/s1. The largest absolute Gasteiger partial charge is 0.469 e. The number of carbonyl (C=O) groups excluding carboxylic acids is 2. The molecule has 0 radical (unpaired) electrons. The molecule has 1 saturated heterocycles. The van der Waals surface area contributed by atoms with E-state index in [-0.39, 0.29) is 29.9 Å². The zero-order valence-corrected chi connectivity index (χ0v) is 13.8. The van der Waals surface area contributed by atoms with Crippen LogP contribution in [0, 0.1) is 5.92 Å². The van der Waals surface area contributed by atoms with Gasteiger partial charge in [0, 0.05) is 32.6 Å². The van der Waals surface area contributed by atoms with Crippen LogP contribution in [0.1, 0.15) is 39.0 Å². The summed E-state index contributed by atoms with van der Waals surface area (Å²) in [5, 5.41) is 3.43. The molecular formula is C16H28N2O4. The van der Waals surface area contributed by atoms with Gasteiger partial charge in [0.15, 0.2) is 0 Å². The Kier molecular flexibility index (Phi) is 6.20. The molecule has 0 unspecified atom stereocenters. The summed E-state index contributed by atoms with van der Waals surface area (Å²) in [4.78, 5) is 24.7. The van der Waals surface area contributed by atoms with Crippen LogP contribution in [0.3, 0.4) is 0 Å². The van der Waals surface area contributed by atoms with Crippen molar-refractivity contribution in [2.24, 2.45) is 5.92 Å². The zero-order valence-electron chi connectivity index (χ0n) is 13.8. The van der Waals surface area contributed by atoms with E-state index in [2.05, 4.69) is 5.32 Å². The normalized spacial score (nSPS) is 31.8. The van der Waals surface area contributed by atoms with E-state index in [1.165, 1.54) is 7.11 Å². The molecule has 2 atom stereocenters. The molecule has 1 N–H and O–H groups in total. The van der Waals surface area contributed by atoms with E-state index in [0.29, 0.717) is 12.6 Å². The lowest BCUT2D eigenvalue weighted by molar-refractivity contribution is -0.147. The number of hydrogen-bond acceptors (Lipinski definition) is 5. The van der Waals surface area contributed by atoms with Crippen molar-refractivity contribution in [1.82, 2.24) is 10.2 Å². The van der Waals surface area contributed by atoms with Gasteiger partial charge in [0.05, 0.1) is 25.7 Å². The highest BCUT2D eigenvalue weighted by atomic mass is 16.5. The third-order valence-electron chi connectivity index (χ3n) is 4.99. The fourth-order valence-corrected chi connectivity index (χ4v) is 3.36. The smallest absolute Gasteiger partial charge is 0.308 e. The van der Waals surface area contributed by atoms with Crippen LogP contribution in [0.2, 0.25) is 0 Å². The van der Waals surface area contributed by atoms with Gasteiger partial charge in [0.2, 0.25) is 5.91 Å². The van der Waals surface area contributed by atoms with E-state index in [1.807, 2.05) is 7.05 Å². The lowest BCUT2D eigenvalue weighted by Crippen LogP contribution is -2.36. The molecule has 0 aromatic rings. The molecule has 126 valence electrons. The number of esters is 1. The van der Waals surface area contributed by atoms with Crippen molar-refractivity contribution >= 4 is 11.9 Å². The summed E-state index contributed by atoms with van der Waals surface area (Å²) in [6.45, 7) is 3.11. The Balaban J connectivity index is 1.66. The molecule has 1 saturated carbocycles. The van der Waals surface area contributed by atoms with Crippen LogP contribution in [0.25, 0.3) is 0 Å². The molecule has 22 heavy (non-hydrogen) atoms. The van der Waals surface area contributed by atoms with Gasteiger partial charge in [0.25, 0.3) is 0 Å². The van der Waals surface area contributed by atoms with Gasteiger partial charge in [-0.25, -0.2) is 0 Å². The number of rotatable bonds is 5. The first-order valence-electron chi connectivity index (χ1n) is 8.17. The number of ether oxygens (including phenoxy) is 2. The molecule has 2 fully saturated rings. The Morgan fingerprint density at radius 1 is 1.23 bits per heavy atom. The minimum absolute atomic E-state index is 0.0445. The second-order valence-corrected chi connectivity index (χ2v) is 6.45. The van der Waals surface area contributed by atoms with Gasteiger partial charge in [0.1, 0.15) is 0 Å². The Morgan fingerprint density at radius 3 is 2.50 bits per heavy atom. The Labute approximate surface area is 132 Å². The summed E-state index contributed by atoms with van der Waals surface area (Å²) in [5.74, 6) is 0.0589. The monoisotopic (exact) mass is 312 g/mol. The quantitative estimate of drug-likeness (QED) is 0.765. The highest BCUT2D eigenvalue weighted by Crippen LogP contribution is 2.27. The number of hydrogen-bond donors (Lipinski definition) is 1. The van der Waals surface area contributed by atoms with Crippen LogP contribution in [-0.2, 0) is 19.1 Å². The lowest BCUT2D eigenvalue weighted by Gasteiger charge is -2.28. The zero-order chi connectivity index (χ0) is 16.1. The molecule has 6 heteroatoms. The maximum atomic E-state index is 11.5. The van der Waals surface area contributed by atoms with Gasteiger partial charge in [-0.05, 0) is 32.1 Å². The highest BCUT2D eigenvalue weighted by Gasteiger charge is 2.31. The molecule has 1 amide bonds. The fourth-order valence-electron chi connectivity index (χ4n) is 3.36. The average Bonchev–Trinajstić information content (AvgIpc) is 3.00. The van der Waals surface area contributed by atoms with Crippen molar-refractivity contribution in [3.8, 4) is 0 Å². The predicted molar refractivity (Wildman–Crippen MR) is 82.4 cm³/mol. The van der Waals surface area contributed by atoms with Crippen molar-refractivity contribution in [2.45, 2.75) is 57.2 Å². The van der Waals surface area contributed by atoms with E-state index < -0.39 is 0 Å². The number of nitrogens with zero attached hydrogens (tertiary/aromatic N) is 1. The van der Waals surface area contributed by atoms with Crippen LogP contribution < -0.4 is 5.32 Å². The minimum atomic E-state index is -0.0916.